The van der Waals surface area contributed by atoms with Gasteiger partial charge in [0.2, 0.25) is 4.96 Å². The van der Waals surface area contributed by atoms with Crippen LogP contribution in [0.3, 0.4) is 0 Å². The number of carboxylic acids is 1. The second-order valence-electron chi connectivity index (χ2n) is 3.73. The van der Waals surface area contributed by atoms with Gasteiger partial charge in [-0.1, -0.05) is 11.3 Å². The quantitative estimate of drug-likeness (QED) is 0.784. The molecule has 3 aromatic rings. The minimum atomic E-state index is -1.04. The largest absolute Gasteiger partial charge is 0.485 e. The van der Waals surface area contributed by atoms with Crippen molar-refractivity contribution in [1.82, 2.24) is 14.6 Å². The monoisotopic (exact) mass is 309 g/mol. The lowest BCUT2D eigenvalue weighted by Crippen LogP contribution is -2.16. The van der Waals surface area contributed by atoms with Crippen molar-refractivity contribution < 1.29 is 14.6 Å². The van der Waals surface area contributed by atoms with E-state index in [-0.39, 0.29) is 22.8 Å². The molecular formula is C11H7N3O4S2. The first kappa shape index (κ1) is 12.8. The van der Waals surface area contributed by atoms with Gasteiger partial charge in [0.1, 0.15) is 17.9 Å². The number of nitrogens with zero attached hydrogens (tertiary/aromatic N) is 3. The van der Waals surface area contributed by atoms with Gasteiger partial charge in [-0.2, -0.15) is 9.61 Å². The fourth-order valence-electron chi connectivity index (χ4n) is 1.59. The van der Waals surface area contributed by atoms with Gasteiger partial charge in [0.25, 0.3) is 5.56 Å². The Bertz CT molecular complexity index is 835. The molecule has 0 spiro atoms. The summed E-state index contributed by atoms with van der Waals surface area (Å²) in [7, 11) is 0. The van der Waals surface area contributed by atoms with Crippen molar-refractivity contribution in [2.24, 2.45) is 0 Å². The van der Waals surface area contributed by atoms with Crippen LogP contribution in [0.15, 0.2) is 27.8 Å². The zero-order valence-corrected chi connectivity index (χ0v) is 11.5. The van der Waals surface area contributed by atoms with Crippen molar-refractivity contribution >= 4 is 33.6 Å². The molecule has 1 N–H and O–H groups in total. The maximum Gasteiger partial charge on any atom is 0.349 e. The predicted molar refractivity (Wildman–Crippen MR) is 72.7 cm³/mol. The molecule has 20 heavy (non-hydrogen) atoms. The molecule has 0 bridgehead atoms. The first-order valence-electron chi connectivity index (χ1n) is 5.41. The lowest BCUT2D eigenvalue weighted by atomic mass is 10.4. The molecule has 0 aliphatic rings. The minimum Gasteiger partial charge on any atom is -0.485 e. The van der Waals surface area contributed by atoms with Crippen molar-refractivity contribution in [2.45, 2.75) is 6.61 Å². The Morgan fingerprint density at radius 3 is 3.10 bits per heavy atom. The minimum absolute atomic E-state index is 0.0284. The van der Waals surface area contributed by atoms with E-state index in [1.807, 2.05) is 0 Å². The molecule has 7 nitrogen and oxygen atoms in total. The van der Waals surface area contributed by atoms with E-state index in [1.165, 1.54) is 27.4 Å². The van der Waals surface area contributed by atoms with Gasteiger partial charge in [-0.25, -0.2) is 9.78 Å². The van der Waals surface area contributed by atoms with E-state index in [9.17, 15) is 9.59 Å². The van der Waals surface area contributed by atoms with Crippen LogP contribution in [0.4, 0.5) is 0 Å². The maximum atomic E-state index is 11.7. The Morgan fingerprint density at radius 2 is 2.30 bits per heavy atom. The zero-order valence-electron chi connectivity index (χ0n) is 9.85. The molecular weight excluding hydrogens is 302 g/mol. The summed E-state index contributed by atoms with van der Waals surface area (Å²) in [5, 5.41) is 14.4. The van der Waals surface area contributed by atoms with Gasteiger partial charge in [0.05, 0.1) is 5.69 Å². The summed E-state index contributed by atoms with van der Waals surface area (Å²) in [6.45, 7) is 0.0284. The molecule has 0 unspecified atom stereocenters. The number of hydrogen-bond acceptors (Lipinski definition) is 7. The molecule has 0 fully saturated rings. The van der Waals surface area contributed by atoms with Crippen LogP contribution in [0.25, 0.3) is 4.96 Å². The molecule has 0 aliphatic carbocycles. The topological polar surface area (TPSA) is 93.8 Å². The van der Waals surface area contributed by atoms with E-state index in [0.29, 0.717) is 10.7 Å². The van der Waals surface area contributed by atoms with Crippen LogP contribution >= 0.6 is 22.7 Å². The summed E-state index contributed by atoms with van der Waals surface area (Å²) >= 11 is 2.32. The number of aromatic nitrogens is 3. The van der Waals surface area contributed by atoms with Crippen LogP contribution in [0, 0.1) is 0 Å². The van der Waals surface area contributed by atoms with Crippen LogP contribution in [0.5, 0.6) is 5.75 Å². The molecule has 102 valence electrons. The molecule has 0 radical (unpaired) electrons. The number of aromatic carboxylic acids is 1. The number of carboxylic acid groups (broad SMARTS) is 1. The first-order chi connectivity index (χ1) is 9.65. The summed E-state index contributed by atoms with van der Waals surface area (Å²) in [6, 6.07) is 2.89. The fourth-order valence-corrected chi connectivity index (χ4v) is 2.91. The van der Waals surface area contributed by atoms with Crippen molar-refractivity contribution in [2.75, 3.05) is 0 Å². The lowest BCUT2D eigenvalue weighted by Gasteiger charge is -2.04. The standard InChI is InChI=1S/C11H7N3O4S2/c15-8-3-6(13-11-14(8)12-5-20-11)4-18-7-1-2-19-9(7)10(16)17/h1-3,5H,4H2,(H,16,17). The third-order valence-corrected chi connectivity index (χ3v) is 4.00. The van der Waals surface area contributed by atoms with Crippen LogP contribution in [0.1, 0.15) is 15.4 Å². The highest BCUT2D eigenvalue weighted by Crippen LogP contribution is 2.25. The second-order valence-corrected chi connectivity index (χ2v) is 5.45. The van der Waals surface area contributed by atoms with E-state index >= 15 is 0 Å². The first-order valence-corrected chi connectivity index (χ1v) is 7.17. The van der Waals surface area contributed by atoms with Crippen LogP contribution in [-0.2, 0) is 6.61 Å². The summed E-state index contributed by atoms with van der Waals surface area (Å²) in [5.41, 5.74) is 1.66. The Labute approximate surface area is 119 Å². The predicted octanol–water partition coefficient (Wildman–Crippen LogP) is 1.49. The highest BCUT2D eigenvalue weighted by molar-refractivity contribution is 7.14. The van der Waals surface area contributed by atoms with Gasteiger partial charge in [-0.05, 0) is 11.4 Å². The van der Waals surface area contributed by atoms with Crippen molar-refractivity contribution in [3.8, 4) is 5.75 Å². The average molecular weight is 309 g/mol. The molecule has 0 saturated carbocycles. The smallest absolute Gasteiger partial charge is 0.349 e. The highest BCUT2D eigenvalue weighted by atomic mass is 32.1. The third kappa shape index (κ3) is 2.28. The lowest BCUT2D eigenvalue weighted by molar-refractivity contribution is 0.0697. The number of fused-ring (bicyclic) bond motifs is 1. The fraction of sp³-hybridized carbons (Fsp3) is 0.0909. The Hall–Kier alpha value is -2.26. The van der Waals surface area contributed by atoms with Crippen LogP contribution in [-0.4, -0.2) is 25.7 Å². The van der Waals surface area contributed by atoms with Crippen molar-refractivity contribution in [3.63, 3.8) is 0 Å². The number of rotatable bonds is 4. The molecule has 0 atom stereocenters. The SMILES string of the molecule is O=C(O)c1sccc1OCc1cc(=O)n2ncsc2n1. The van der Waals surface area contributed by atoms with E-state index in [2.05, 4.69) is 10.1 Å². The van der Waals surface area contributed by atoms with Crippen molar-refractivity contribution in [3.05, 3.63) is 43.9 Å². The van der Waals surface area contributed by atoms with E-state index < -0.39 is 5.97 Å². The maximum absolute atomic E-state index is 11.7. The van der Waals surface area contributed by atoms with Gasteiger partial charge in [0.15, 0.2) is 4.88 Å². The second kappa shape index (κ2) is 5.02. The molecule has 0 saturated heterocycles. The molecule has 3 heterocycles. The van der Waals surface area contributed by atoms with Gasteiger partial charge < -0.3 is 9.84 Å². The van der Waals surface area contributed by atoms with Crippen LogP contribution in [0.2, 0.25) is 0 Å². The normalized spacial score (nSPS) is 10.8. The van der Waals surface area contributed by atoms with Gasteiger partial charge >= 0.3 is 5.97 Å². The van der Waals surface area contributed by atoms with E-state index in [1.54, 1.807) is 11.4 Å². The molecule has 0 aromatic carbocycles. The van der Waals surface area contributed by atoms with Gasteiger partial charge in [-0.3, -0.25) is 4.79 Å². The Balaban J connectivity index is 1.85. The molecule has 3 rings (SSSR count). The summed E-state index contributed by atoms with van der Waals surface area (Å²) in [6.07, 6.45) is 0. The highest BCUT2D eigenvalue weighted by Gasteiger charge is 2.13. The van der Waals surface area contributed by atoms with Gasteiger partial charge in [0, 0.05) is 6.07 Å². The van der Waals surface area contributed by atoms with E-state index in [4.69, 9.17) is 9.84 Å². The molecule has 9 heteroatoms. The zero-order chi connectivity index (χ0) is 14.1. The molecule has 0 amide bonds. The average Bonchev–Trinajstić information content (AvgIpc) is 3.04. The van der Waals surface area contributed by atoms with Gasteiger partial charge in [-0.15, -0.1) is 11.3 Å². The molecule has 0 aliphatic heterocycles. The number of carbonyl (C=O) groups is 1. The summed E-state index contributed by atoms with van der Waals surface area (Å²) in [4.78, 5) is 27.5. The van der Waals surface area contributed by atoms with Crippen LogP contribution < -0.4 is 10.3 Å². The summed E-state index contributed by atoms with van der Waals surface area (Å²) in [5.74, 6) is -0.769. The Morgan fingerprint density at radius 1 is 1.45 bits per heavy atom. The Kier molecular flexibility index (Phi) is 3.20. The van der Waals surface area contributed by atoms with Crippen molar-refractivity contribution in [1.29, 1.82) is 0 Å². The summed E-state index contributed by atoms with van der Waals surface area (Å²) < 4.78 is 6.60. The third-order valence-electron chi connectivity index (χ3n) is 2.44. The number of ether oxygens (including phenoxy) is 1. The molecule has 3 aromatic heterocycles. The van der Waals surface area contributed by atoms with E-state index in [0.717, 1.165) is 11.3 Å². The number of hydrogen-bond donors (Lipinski definition) is 1. The number of thiophene rings is 1.